The first-order valence-corrected chi connectivity index (χ1v) is 8.28. The fourth-order valence-corrected chi connectivity index (χ4v) is 2.59. The van der Waals surface area contributed by atoms with Gasteiger partial charge < -0.3 is 9.31 Å². The molecule has 1 aromatic heterocycles. The van der Waals surface area contributed by atoms with E-state index in [4.69, 9.17) is 20.9 Å². The topological polar surface area (TPSA) is 31.4 Å². The zero-order chi connectivity index (χ0) is 18.3. The average Bonchev–Trinajstić information content (AvgIpc) is 2.63. The number of thiol groups is 1. The van der Waals surface area contributed by atoms with Gasteiger partial charge in [0.25, 0.3) is 0 Å². The average molecular weight is 380 g/mol. The van der Waals surface area contributed by atoms with E-state index in [0.717, 1.165) is 0 Å². The molecular formula is C15H18BClF3NO2S. The maximum atomic E-state index is 13.2. The number of nitrogens with zero attached hydrogens (tertiary/aromatic N) is 1. The number of hydrogen-bond acceptors (Lipinski definition) is 4. The van der Waals surface area contributed by atoms with E-state index >= 15 is 0 Å². The van der Waals surface area contributed by atoms with Crippen molar-refractivity contribution in [3.8, 4) is 0 Å². The van der Waals surface area contributed by atoms with Gasteiger partial charge in [-0.25, -0.2) is 4.98 Å². The predicted octanol–water partition coefficient (Wildman–Crippen LogP) is 4.70. The Bertz CT molecular complexity index is 649. The van der Waals surface area contributed by atoms with E-state index in [2.05, 4.69) is 17.6 Å². The molecule has 0 N–H and O–H groups in total. The number of rotatable bonds is 3. The number of halogens is 4. The molecule has 1 aliphatic heterocycles. The van der Waals surface area contributed by atoms with Gasteiger partial charge in [-0.05, 0) is 44.8 Å². The van der Waals surface area contributed by atoms with Crippen LogP contribution in [0.2, 0.25) is 5.15 Å². The monoisotopic (exact) mass is 379 g/mol. The van der Waals surface area contributed by atoms with E-state index in [-0.39, 0.29) is 16.5 Å². The summed E-state index contributed by atoms with van der Waals surface area (Å²) in [5.41, 5.74) is -1.68. The zero-order valence-corrected chi connectivity index (χ0v) is 15.4. The Kier molecular flexibility index (Phi) is 5.36. The van der Waals surface area contributed by atoms with Crippen LogP contribution in [-0.2, 0) is 15.5 Å². The highest BCUT2D eigenvalue weighted by Crippen LogP contribution is 2.40. The fourth-order valence-electron chi connectivity index (χ4n) is 2.18. The molecule has 3 nitrogen and oxygen atoms in total. The Balaban J connectivity index is 2.44. The lowest BCUT2D eigenvalue weighted by molar-refractivity contribution is -0.138. The number of pyridine rings is 1. The Labute approximate surface area is 150 Å². The van der Waals surface area contributed by atoms with Crippen LogP contribution in [0.3, 0.4) is 0 Å². The molecule has 0 atom stereocenters. The van der Waals surface area contributed by atoms with Crippen molar-refractivity contribution in [3.05, 3.63) is 34.0 Å². The number of aromatic nitrogens is 1. The van der Waals surface area contributed by atoms with Gasteiger partial charge in [0.2, 0.25) is 0 Å². The second kappa shape index (κ2) is 6.55. The standard InChI is InChI=1S/C15H18BClF3NO2S/c1-13(2)14(3,4)23-16(22-13)10(8-24)5-9-6-12(17)21-7-11(9)15(18,19)20/h5-7,24H,8H2,1-4H3. The van der Waals surface area contributed by atoms with E-state index in [1.165, 1.54) is 12.1 Å². The Hall–Kier alpha value is -0.695. The van der Waals surface area contributed by atoms with Gasteiger partial charge in [-0.1, -0.05) is 17.7 Å². The molecule has 0 radical (unpaired) electrons. The summed E-state index contributed by atoms with van der Waals surface area (Å²) in [6.45, 7) is 7.47. The van der Waals surface area contributed by atoms with Gasteiger partial charge in [-0.15, -0.1) is 0 Å². The number of alkyl halides is 3. The molecule has 0 aliphatic carbocycles. The molecule has 0 bridgehead atoms. The molecule has 24 heavy (non-hydrogen) atoms. The minimum absolute atomic E-state index is 0.0262. The van der Waals surface area contributed by atoms with E-state index in [9.17, 15) is 13.2 Å². The molecule has 2 rings (SSSR count). The normalized spacial score (nSPS) is 20.5. The first-order valence-electron chi connectivity index (χ1n) is 7.27. The van der Waals surface area contributed by atoms with Gasteiger partial charge in [0.05, 0.1) is 16.8 Å². The van der Waals surface area contributed by atoms with Crippen LogP contribution in [0.4, 0.5) is 13.2 Å². The van der Waals surface area contributed by atoms with Crippen molar-refractivity contribution in [2.75, 3.05) is 5.75 Å². The second-order valence-electron chi connectivity index (χ2n) is 6.56. The summed E-state index contributed by atoms with van der Waals surface area (Å²) in [5.74, 6) is 0.175. The van der Waals surface area contributed by atoms with Crippen LogP contribution in [0.25, 0.3) is 6.08 Å². The molecule has 132 valence electrons. The maximum absolute atomic E-state index is 13.2. The summed E-state index contributed by atoms with van der Waals surface area (Å²) in [6, 6.07) is 1.17. The SMILES string of the molecule is CC1(C)OB(C(=Cc2cc(Cl)ncc2C(F)(F)F)CS)OC1(C)C. The van der Waals surface area contributed by atoms with Crippen LogP contribution < -0.4 is 0 Å². The van der Waals surface area contributed by atoms with Crippen molar-refractivity contribution in [1.82, 2.24) is 4.98 Å². The van der Waals surface area contributed by atoms with Gasteiger partial charge in [-0.2, -0.15) is 25.8 Å². The first kappa shape index (κ1) is 19.6. The molecule has 1 fully saturated rings. The van der Waals surface area contributed by atoms with Gasteiger partial charge >= 0.3 is 13.3 Å². The van der Waals surface area contributed by atoms with Crippen LogP contribution in [0.5, 0.6) is 0 Å². The summed E-state index contributed by atoms with van der Waals surface area (Å²) in [6.07, 6.45) is -2.47. The third kappa shape index (κ3) is 3.93. The molecule has 2 heterocycles. The third-order valence-corrected chi connectivity index (χ3v) is 4.86. The van der Waals surface area contributed by atoms with Crippen molar-refractivity contribution in [2.24, 2.45) is 0 Å². The van der Waals surface area contributed by atoms with Gasteiger partial charge in [-0.3, -0.25) is 0 Å². The lowest BCUT2D eigenvalue weighted by atomic mass is 9.78. The summed E-state index contributed by atoms with van der Waals surface area (Å²) in [7, 11) is -0.777. The highest BCUT2D eigenvalue weighted by Gasteiger charge is 2.52. The van der Waals surface area contributed by atoms with E-state index in [1.807, 2.05) is 27.7 Å². The molecular weight excluding hydrogens is 361 g/mol. The van der Waals surface area contributed by atoms with Crippen molar-refractivity contribution in [2.45, 2.75) is 45.1 Å². The molecule has 0 unspecified atom stereocenters. The predicted molar refractivity (Wildman–Crippen MR) is 92.2 cm³/mol. The molecule has 1 aromatic rings. The van der Waals surface area contributed by atoms with Crippen LogP contribution >= 0.6 is 24.2 Å². The Morgan fingerprint density at radius 3 is 2.29 bits per heavy atom. The fraction of sp³-hybridized carbons (Fsp3) is 0.533. The molecule has 1 saturated heterocycles. The maximum Gasteiger partial charge on any atom is 0.491 e. The Morgan fingerprint density at radius 1 is 1.29 bits per heavy atom. The lowest BCUT2D eigenvalue weighted by Crippen LogP contribution is -2.41. The van der Waals surface area contributed by atoms with Gasteiger partial charge in [0, 0.05) is 11.9 Å². The summed E-state index contributed by atoms with van der Waals surface area (Å²) < 4.78 is 51.2. The highest BCUT2D eigenvalue weighted by atomic mass is 35.5. The third-order valence-electron chi connectivity index (χ3n) is 4.29. The van der Waals surface area contributed by atoms with E-state index in [0.29, 0.717) is 11.7 Å². The molecule has 0 spiro atoms. The minimum atomic E-state index is -4.54. The largest absolute Gasteiger partial charge is 0.491 e. The minimum Gasteiger partial charge on any atom is -0.400 e. The van der Waals surface area contributed by atoms with Crippen LogP contribution in [-0.4, -0.2) is 29.1 Å². The quantitative estimate of drug-likeness (QED) is 0.469. The molecule has 1 aliphatic rings. The van der Waals surface area contributed by atoms with E-state index < -0.39 is 30.1 Å². The zero-order valence-electron chi connectivity index (χ0n) is 13.7. The molecule has 0 saturated carbocycles. The van der Waals surface area contributed by atoms with Gasteiger partial charge in [0.1, 0.15) is 5.15 Å². The highest BCUT2D eigenvalue weighted by molar-refractivity contribution is 7.80. The van der Waals surface area contributed by atoms with Crippen LogP contribution in [0.1, 0.15) is 38.8 Å². The van der Waals surface area contributed by atoms with Crippen molar-refractivity contribution in [3.63, 3.8) is 0 Å². The molecule has 0 amide bonds. The smallest absolute Gasteiger partial charge is 0.400 e. The lowest BCUT2D eigenvalue weighted by Gasteiger charge is -2.32. The summed E-state index contributed by atoms with van der Waals surface area (Å²) in [5, 5.41) is -0.0262. The van der Waals surface area contributed by atoms with Crippen molar-refractivity contribution < 1.29 is 22.5 Å². The van der Waals surface area contributed by atoms with E-state index in [1.54, 1.807) is 0 Å². The molecule has 9 heteroatoms. The second-order valence-corrected chi connectivity index (χ2v) is 7.26. The summed E-state index contributed by atoms with van der Waals surface area (Å²) in [4.78, 5) is 3.52. The van der Waals surface area contributed by atoms with Gasteiger partial charge in [0.15, 0.2) is 0 Å². The first-order chi connectivity index (χ1) is 10.9. The summed E-state index contributed by atoms with van der Waals surface area (Å²) >= 11 is 9.96. The number of hydrogen-bond donors (Lipinski definition) is 1. The van der Waals surface area contributed by atoms with Crippen LogP contribution in [0, 0.1) is 0 Å². The van der Waals surface area contributed by atoms with Crippen molar-refractivity contribution in [1.29, 1.82) is 0 Å². The molecule has 0 aromatic carbocycles. The van der Waals surface area contributed by atoms with Crippen molar-refractivity contribution >= 4 is 37.4 Å². The van der Waals surface area contributed by atoms with Crippen LogP contribution in [0.15, 0.2) is 17.7 Å². The Morgan fingerprint density at radius 2 is 1.83 bits per heavy atom.